The van der Waals surface area contributed by atoms with Gasteiger partial charge in [0.2, 0.25) is 0 Å². The van der Waals surface area contributed by atoms with E-state index in [1.807, 2.05) is 33.9 Å². The number of hydrogen-bond acceptors (Lipinski definition) is 3. The number of nitrogens with zero attached hydrogens (tertiary/aromatic N) is 1. The van der Waals surface area contributed by atoms with Gasteiger partial charge in [-0.2, -0.15) is 0 Å². The van der Waals surface area contributed by atoms with Crippen LogP contribution in [0, 0.1) is 0 Å². The van der Waals surface area contributed by atoms with Crippen LogP contribution in [0.5, 0.6) is 0 Å². The topological polar surface area (TPSA) is 30.8 Å². The van der Waals surface area contributed by atoms with Crippen molar-refractivity contribution < 1.29 is 9.47 Å². The summed E-state index contributed by atoms with van der Waals surface area (Å²) in [6.45, 7) is 12.7. The van der Waals surface area contributed by atoms with Crippen LogP contribution in [0.3, 0.4) is 0 Å². The number of hydrogen-bond donors (Lipinski definition) is 0. The van der Waals surface area contributed by atoms with Gasteiger partial charge in [0.1, 0.15) is 0 Å². The molecule has 0 fully saturated rings. The first-order chi connectivity index (χ1) is 6.83. The van der Waals surface area contributed by atoms with E-state index in [9.17, 15) is 0 Å². The zero-order valence-corrected chi connectivity index (χ0v) is 10.9. The van der Waals surface area contributed by atoms with Gasteiger partial charge in [0.05, 0.1) is 12.7 Å². The summed E-state index contributed by atoms with van der Waals surface area (Å²) in [7, 11) is 0. The molecule has 0 spiro atoms. The summed E-state index contributed by atoms with van der Waals surface area (Å²) in [5.74, 6) is -0.500. The zero-order chi connectivity index (χ0) is 11.9. The Morgan fingerprint density at radius 1 is 1.20 bits per heavy atom. The molecule has 0 aliphatic heterocycles. The van der Waals surface area contributed by atoms with Crippen LogP contribution in [-0.4, -0.2) is 30.8 Å². The van der Waals surface area contributed by atoms with E-state index in [0.29, 0.717) is 12.6 Å². The number of aliphatic imine (C=N–C) groups is 1. The Hall–Kier alpha value is -0.410. The molecule has 0 rings (SSSR count). The fourth-order valence-corrected chi connectivity index (χ4v) is 1.24. The average molecular weight is 215 g/mol. The van der Waals surface area contributed by atoms with Crippen molar-refractivity contribution in [1.29, 1.82) is 0 Å². The van der Waals surface area contributed by atoms with E-state index in [1.165, 1.54) is 0 Å². The molecule has 3 heteroatoms. The van der Waals surface area contributed by atoms with Crippen LogP contribution in [0.25, 0.3) is 0 Å². The van der Waals surface area contributed by atoms with Crippen molar-refractivity contribution in [3.8, 4) is 0 Å². The van der Waals surface area contributed by atoms with E-state index in [-0.39, 0.29) is 6.10 Å². The first-order valence-electron chi connectivity index (χ1n) is 5.67. The second kappa shape index (κ2) is 6.96. The van der Waals surface area contributed by atoms with Crippen molar-refractivity contribution >= 4 is 6.21 Å². The zero-order valence-electron chi connectivity index (χ0n) is 10.9. The molecule has 0 N–H and O–H groups in total. The molecule has 0 aromatic rings. The van der Waals surface area contributed by atoms with Gasteiger partial charge >= 0.3 is 0 Å². The monoisotopic (exact) mass is 215 g/mol. The van der Waals surface area contributed by atoms with Gasteiger partial charge < -0.3 is 9.47 Å². The second-order valence-electron chi connectivity index (χ2n) is 4.63. The van der Waals surface area contributed by atoms with Crippen molar-refractivity contribution in [2.75, 3.05) is 6.61 Å². The molecule has 15 heavy (non-hydrogen) atoms. The highest BCUT2D eigenvalue weighted by Crippen LogP contribution is 2.13. The Morgan fingerprint density at radius 3 is 2.27 bits per heavy atom. The predicted molar refractivity (Wildman–Crippen MR) is 64.5 cm³/mol. The van der Waals surface area contributed by atoms with Crippen LogP contribution < -0.4 is 0 Å². The van der Waals surface area contributed by atoms with Crippen LogP contribution >= 0.6 is 0 Å². The molecule has 0 amide bonds. The molecule has 0 saturated heterocycles. The van der Waals surface area contributed by atoms with Crippen molar-refractivity contribution in [1.82, 2.24) is 0 Å². The van der Waals surface area contributed by atoms with Gasteiger partial charge in [-0.05, 0) is 41.5 Å². The highest BCUT2D eigenvalue weighted by atomic mass is 16.7. The molecule has 0 aliphatic rings. The van der Waals surface area contributed by atoms with Crippen LogP contribution in [0.4, 0.5) is 0 Å². The lowest BCUT2D eigenvalue weighted by Gasteiger charge is -2.27. The lowest BCUT2D eigenvalue weighted by atomic mass is 10.3. The molecule has 0 saturated carbocycles. The third-order valence-corrected chi connectivity index (χ3v) is 1.62. The van der Waals surface area contributed by atoms with E-state index in [0.717, 1.165) is 6.42 Å². The summed E-state index contributed by atoms with van der Waals surface area (Å²) in [5.41, 5.74) is 0. The van der Waals surface area contributed by atoms with Gasteiger partial charge in [-0.3, -0.25) is 4.99 Å². The fourth-order valence-electron chi connectivity index (χ4n) is 1.24. The first kappa shape index (κ1) is 14.6. The quantitative estimate of drug-likeness (QED) is 0.371. The number of rotatable bonds is 7. The van der Waals surface area contributed by atoms with Crippen molar-refractivity contribution in [2.24, 2.45) is 4.99 Å². The smallest absolute Gasteiger partial charge is 0.163 e. The van der Waals surface area contributed by atoms with Gasteiger partial charge in [-0.15, -0.1) is 0 Å². The molecule has 0 radical (unpaired) electrons. The maximum absolute atomic E-state index is 5.61. The Labute approximate surface area is 93.9 Å². The van der Waals surface area contributed by atoms with Gasteiger partial charge in [-0.25, -0.2) is 0 Å². The van der Waals surface area contributed by atoms with Crippen molar-refractivity contribution in [3.63, 3.8) is 0 Å². The normalized spacial score (nSPS) is 13.3. The van der Waals surface area contributed by atoms with E-state index in [1.54, 1.807) is 0 Å². The SMILES string of the molecule is CC(C)/N=C/CCOC(C)(C)OC(C)C. The summed E-state index contributed by atoms with van der Waals surface area (Å²) in [4.78, 5) is 4.26. The summed E-state index contributed by atoms with van der Waals surface area (Å²) < 4.78 is 11.2. The molecule has 0 unspecified atom stereocenters. The molecule has 0 aliphatic carbocycles. The fraction of sp³-hybridized carbons (Fsp3) is 0.917. The lowest BCUT2D eigenvalue weighted by Crippen LogP contribution is -2.31. The molecule has 0 aromatic carbocycles. The predicted octanol–water partition coefficient (Wildman–Crippen LogP) is 3.03. The van der Waals surface area contributed by atoms with Gasteiger partial charge in [0, 0.05) is 18.7 Å². The third kappa shape index (κ3) is 9.88. The lowest BCUT2D eigenvalue weighted by molar-refractivity contribution is -0.229. The molecular weight excluding hydrogens is 190 g/mol. The maximum Gasteiger partial charge on any atom is 0.163 e. The standard InChI is InChI=1S/C12H25NO2/c1-10(2)13-8-7-9-14-12(5,6)15-11(3)4/h8,10-11H,7,9H2,1-6H3/b13-8+. The Balaban J connectivity index is 3.66. The highest BCUT2D eigenvalue weighted by Gasteiger charge is 2.19. The molecular formula is C12H25NO2. The summed E-state index contributed by atoms with van der Waals surface area (Å²) in [5, 5.41) is 0. The van der Waals surface area contributed by atoms with Crippen LogP contribution in [0.15, 0.2) is 4.99 Å². The summed E-state index contributed by atoms with van der Waals surface area (Å²) >= 11 is 0. The van der Waals surface area contributed by atoms with Gasteiger partial charge in [0.25, 0.3) is 0 Å². The van der Waals surface area contributed by atoms with Crippen LogP contribution in [-0.2, 0) is 9.47 Å². The molecule has 3 nitrogen and oxygen atoms in total. The minimum Gasteiger partial charge on any atom is -0.350 e. The molecule has 0 heterocycles. The Kier molecular flexibility index (Phi) is 6.77. The Morgan fingerprint density at radius 2 is 1.80 bits per heavy atom. The van der Waals surface area contributed by atoms with E-state index >= 15 is 0 Å². The minimum absolute atomic E-state index is 0.185. The van der Waals surface area contributed by atoms with E-state index in [4.69, 9.17) is 9.47 Å². The highest BCUT2D eigenvalue weighted by molar-refractivity contribution is 5.57. The molecule has 0 atom stereocenters. The summed E-state index contributed by atoms with van der Waals surface area (Å²) in [6, 6.07) is 0.366. The second-order valence-corrected chi connectivity index (χ2v) is 4.63. The van der Waals surface area contributed by atoms with Gasteiger partial charge in [-0.1, -0.05) is 0 Å². The van der Waals surface area contributed by atoms with E-state index < -0.39 is 5.79 Å². The molecule has 0 bridgehead atoms. The van der Waals surface area contributed by atoms with Crippen molar-refractivity contribution in [2.45, 2.75) is 65.9 Å². The third-order valence-electron chi connectivity index (χ3n) is 1.62. The summed E-state index contributed by atoms with van der Waals surface area (Å²) in [6.07, 6.45) is 2.93. The molecule has 90 valence electrons. The van der Waals surface area contributed by atoms with Crippen LogP contribution in [0.2, 0.25) is 0 Å². The average Bonchev–Trinajstić information content (AvgIpc) is 1.99. The number of ether oxygens (including phenoxy) is 2. The maximum atomic E-state index is 5.61. The van der Waals surface area contributed by atoms with Crippen molar-refractivity contribution in [3.05, 3.63) is 0 Å². The van der Waals surface area contributed by atoms with Gasteiger partial charge in [0.15, 0.2) is 5.79 Å². The van der Waals surface area contributed by atoms with E-state index in [2.05, 4.69) is 18.8 Å². The largest absolute Gasteiger partial charge is 0.350 e. The van der Waals surface area contributed by atoms with Crippen LogP contribution in [0.1, 0.15) is 48.0 Å². The minimum atomic E-state index is -0.500. The molecule has 0 aromatic heterocycles. The Bertz CT molecular complexity index is 186. The first-order valence-corrected chi connectivity index (χ1v) is 5.67.